The highest BCUT2D eigenvalue weighted by Gasteiger charge is 2.33. The highest BCUT2D eigenvalue weighted by molar-refractivity contribution is 5.91. The second-order valence-corrected chi connectivity index (χ2v) is 8.73. The van der Waals surface area contributed by atoms with E-state index in [4.69, 9.17) is 14.2 Å². The molecule has 3 aromatic rings. The number of hydrogen-bond acceptors (Lipinski definition) is 7. The van der Waals surface area contributed by atoms with Gasteiger partial charge in [-0.3, -0.25) is 19.4 Å². The summed E-state index contributed by atoms with van der Waals surface area (Å²) < 4.78 is 17.8. The molecule has 1 atom stereocenters. The fourth-order valence-corrected chi connectivity index (χ4v) is 4.89. The number of ether oxygens (including phenoxy) is 3. The number of methoxy groups -OCH3 is 1. The zero-order chi connectivity index (χ0) is 24.5. The molecule has 0 amide bonds. The number of nitrogens with zero attached hydrogens (tertiary/aromatic N) is 3. The van der Waals surface area contributed by atoms with Crippen molar-refractivity contribution in [3.8, 4) is 17.2 Å². The molecule has 1 aromatic heterocycles. The quantitative estimate of drug-likeness (QED) is 0.501. The van der Waals surface area contributed by atoms with Gasteiger partial charge in [0.15, 0.2) is 11.5 Å². The van der Waals surface area contributed by atoms with Crippen LogP contribution in [0.15, 0.2) is 42.6 Å². The number of aromatic nitrogens is 1. The van der Waals surface area contributed by atoms with Crippen LogP contribution < -0.4 is 14.2 Å². The summed E-state index contributed by atoms with van der Waals surface area (Å²) in [5, 5.41) is 20.2. The summed E-state index contributed by atoms with van der Waals surface area (Å²) in [5.74, 6) is 0.131. The molecule has 10 nitrogen and oxygen atoms in total. The first-order valence-corrected chi connectivity index (χ1v) is 11.4. The molecule has 0 bridgehead atoms. The standard InChI is InChI=1S/C25H27N3O7/c1-33-17-3-4-20-18(11-17)19(13-28(20)14-23(29)30)24(25(31)32)27-8-6-26(7-9-27)12-16-2-5-21-22(10-16)35-15-34-21/h2-5,10-11,13,24H,6-9,12,14-15H2,1H3,(H,29,30)(H,31,32). The van der Waals surface area contributed by atoms with Crippen LogP contribution in [0.2, 0.25) is 0 Å². The predicted octanol–water partition coefficient (Wildman–Crippen LogP) is 2.41. The number of aliphatic carboxylic acids is 2. The van der Waals surface area contributed by atoms with Crippen molar-refractivity contribution in [2.75, 3.05) is 40.1 Å². The highest BCUT2D eigenvalue weighted by atomic mass is 16.7. The van der Waals surface area contributed by atoms with Gasteiger partial charge < -0.3 is 29.0 Å². The van der Waals surface area contributed by atoms with Gasteiger partial charge in [0.2, 0.25) is 6.79 Å². The number of rotatable bonds is 8. The fourth-order valence-electron chi connectivity index (χ4n) is 4.89. The van der Waals surface area contributed by atoms with Crippen LogP contribution in [0.4, 0.5) is 0 Å². The molecule has 2 aliphatic rings. The van der Waals surface area contributed by atoms with E-state index in [2.05, 4.69) is 4.90 Å². The van der Waals surface area contributed by atoms with Crippen molar-refractivity contribution in [1.29, 1.82) is 0 Å². The topological polar surface area (TPSA) is 114 Å². The van der Waals surface area contributed by atoms with Crippen molar-refractivity contribution in [3.63, 3.8) is 0 Å². The first-order chi connectivity index (χ1) is 16.9. The molecule has 2 aromatic carbocycles. The van der Waals surface area contributed by atoms with E-state index in [0.29, 0.717) is 48.4 Å². The molecule has 1 saturated heterocycles. The minimum absolute atomic E-state index is 0.239. The lowest BCUT2D eigenvalue weighted by Gasteiger charge is -2.37. The lowest BCUT2D eigenvalue weighted by Crippen LogP contribution is -2.48. The largest absolute Gasteiger partial charge is 0.497 e. The second kappa shape index (κ2) is 9.47. The van der Waals surface area contributed by atoms with Crippen LogP contribution in [0.1, 0.15) is 17.2 Å². The fraction of sp³-hybridized carbons (Fsp3) is 0.360. The van der Waals surface area contributed by atoms with Gasteiger partial charge in [-0.25, -0.2) is 0 Å². The van der Waals surface area contributed by atoms with E-state index in [9.17, 15) is 19.8 Å². The van der Waals surface area contributed by atoms with Crippen molar-refractivity contribution in [2.24, 2.45) is 0 Å². The molecule has 1 unspecified atom stereocenters. The summed E-state index contributed by atoms with van der Waals surface area (Å²) in [5.41, 5.74) is 2.34. The average molecular weight is 482 g/mol. The van der Waals surface area contributed by atoms with E-state index in [1.54, 1.807) is 36.1 Å². The van der Waals surface area contributed by atoms with Gasteiger partial charge in [-0.15, -0.1) is 0 Å². The first kappa shape index (κ1) is 23.0. The summed E-state index contributed by atoms with van der Waals surface area (Å²) in [6, 6.07) is 10.3. The molecule has 10 heteroatoms. The minimum atomic E-state index is -0.992. The van der Waals surface area contributed by atoms with Gasteiger partial charge in [-0.05, 0) is 35.9 Å². The van der Waals surface area contributed by atoms with Crippen molar-refractivity contribution < 1.29 is 34.0 Å². The van der Waals surface area contributed by atoms with Crippen LogP contribution in [0.3, 0.4) is 0 Å². The number of carbonyl (C=O) groups is 2. The zero-order valence-electron chi connectivity index (χ0n) is 19.3. The Bertz CT molecular complexity index is 1260. The van der Waals surface area contributed by atoms with E-state index in [0.717, 1.165) is 23.6 Å². The van der Waals surface area contributed by atoms with Crippen molar-refractivity contribution in [3.05, 3.63) is 53.7 Å². The maximum absolute atomic E-state index is 12.5. The Hall–Kier alpha value is -3.76. The van der Waals surface area contributed by atoms with Gasteiger partial charge in [0.1, 0.15) is 18.3 Å². The zero-order valence-corrected chi connectivity index (χ0v) is 19.3. The monoisotopic (exact) mass is 481 g/mol. The summed E-state index contributed by atoms with van der Waals surface area (Å²) >= 11 is 0. The molecule has 35 heavy (non-hydrogen) atoms. The lowest BCUT2D eigenvalue weighted by molar-refractivity contribution is -0.144. The SMILES string of the molecule is COc1ccc2c(c1)c(C(C(=O)O)N1CCN(Cc3ccc4c(c3)OCO4)CC1)cn2CC(=O)O. The lowest BCUT2D eigenvalue weighted by atomic mass is 10.0. The molecule has 2 N–H and O–H groups in total. The smallest absolute Gasteiger partial charge is 0.325 e. The van der Waals surface area contributed by atoms with Gasteiger partial charge in [-0.1, -0.05) is 6.07 Å². The van der Waals surface area contributed by atoms with E-state index < -0.39 is 18.0 Å². The van der Waals surface area contributed by atoms with Crippen LogP contribution in [-0.2, 0) is 22.7 Å². The molecule has 2 aliphatic heterocycles. The number of hydrogen-bond donors (Lipinski definition) is 2. The minimum Gasteiger partial charge on any atom is -0.497 e. The summed E-state index contributed by atoms with van der Waals surface area (Å²) in [7, 11) is 1.54. The number of carboxylic acid groups (broad SMARTS) is 2. The van der Waals surface area contributed by atoms with Crippen LogP contribution >= 0.6 is 0 Å². The number of benzene rings is 2. The first-order valence-electron chi connectivity index (χ1n) is 11.4. The maximum Gasteiger partial charge on any atom is 0.325 e. The van der Waals surface area contributed by atoms with Crippen LogP contribution in [0, 0.1) is 0 Å². The van der Waals surface area contributed by atoms with E-state index in [1.165, 1.54) is 0 Å². The third-order valence-electron chi connectivity index (χ3n) is 6.57. The van der Waals surface area contributed by atoms with Gasteiger partial charge in [0, 0.05) is 55.4 Å². The number of carboxylic acids is 2. The summed E-state index contributed by atoms with van der Waals surface area (Å²) in [6.07, 6.45) is 1.65. The molecular formula is C25H27N3O7. The number of piperazine rings is 1. The Balaban J connectivity index is 1.36. The molecule has 0 spiro atoms. The van der Waals surface area contributed by atoms with Crippen molar-refractivity contribution in [2.45, 2.75) is 19.1 Å². The van der Waals surface area contributed by atoms with Crippen molar-refractivity contribution >= 4 is 22.8 Å². The molecule has 184 valence electrons. The highest BCUT2D eigenvalue weighted by Crippen LogP contribution is 2.35. The van der Waals surface area contributed by atoms with Crippen LogP contribution in [0.5, 0.6) is 17.2 Å². The predicted molar refractivity (Wildman–Crippen MR) is 126 cm³/mol. The third kappa shape index (κ3) is 4.62. The van der Waals surface area contributed by atoms with Gasteiger partial charge >= 0.3 is 11.9 Å². The van der Waals surface area contributed by atoms with E-state index >= 15 is 0 Å². The van der Waals surface area contributed by atoms with E-state index in [-0.39, 0.29) is 13.3 Å². The molecule has 5 rings (SSSR count). The summed E-state index contributed by atoms with van der Waals surface area (Å²) in [4.78, 5) is 28.1. The van der Waals surface area contributed by atoms with Crippen LogP contribution in [0.25, 0.3) is 10.9 Å². The van der Waals surface area contributed by atoms with Gasteiger partial charge in [-0.2, -0.15) is 0 Å². The molecule has 1 fully saturated rings. The molecular weight excluding hydrogens is 454 g/mol. The van der Waals surface area contributed by atoms with Crippen molar-refractivity contribution in [1.82, 2.24) is 14.4 Å². The van der Waals surface area contributed by atoms with Crippen LogP contribution in [-0.4, -0.2) is 76.6 Å². The molecule has 3 heterocycles. The average Bonchev–Trinajstić information content (AvgIpc) is 3.44. The maximum atomic E-state index is 12.5. The Morgan fingerprint density at radius 1 is 1.03 bits per heavy atom. The molecule has 0 radical (unpaired) electrons. The Morgan fingerprint density at radius 2 is 1.80 bits per heavy atom. The molecule has 0 saturated carbocycles. The normalized spacial score (nSPS) is 16.9. The number of fused-ring (bicyclic) bond motifs is 2. The summed E-state index contributed by atoms with van der Waals surface area (Å²) in [6.45, 7) is 3.26. The Kier molecular flexibility index (Phi) is 6.23. The Morgan fingerprint density at radius 3 is 2.51 bits per heavy atom. The van der Waals surface area contributed by atoms with Gasteiger partial charge in [0.05, 0.1) is 7.11 Å². The molecule has 0 aliphatic carbocycles. The second-order valence-electron chi connectivity index (χ2n) is 8.73. The van der Waals surface area contributed by atoms with E-state index in [1.807, 2.05) is 23.1 Å². The third-order valence-corrected chi connectivity index (χ3v) is 6.57. The van der Waals surface area contributed by atoms with Gasteiger partial charge in [0.25, 0.3) is 0 Å². The Labute approximate surface area is 201 Å².